The van der Waals surface area contributed by atoms with Crippen LogP contribution >= 0.6 is 0 Å². The number of aliphatic carboxylic acids is 1. The van der Waals surface area contributed by atoms with Crippen LogP contribution in [0, 0.1) is 5.92 Å². The van der Waals surface area contributed by atoms with Gasteiger partial charge in [0.05, 0.1) is 19.1 Å². The Kier molecular flexibility index (Phi) is 4.92. The number of rotatable bonds is 6. The van der Waals surface area contributed by atoms with Crippen molar-refractivity contribution in [1.82, 2.24) is 9.47 Å². The molecular weight excluding hydrogens is 260 g/mol. The van der Waals surface area contributed by atoms with Gasteiger partial charge in [0.25, 0.3) is 5.56 Å². The summed E-state index contributed by atoms with van der Waals surface area (Å²) >= 11 is 0. The lowest BCUT2D eigenvalue weighted by Gasteiger charge is -2.29. The number of aromatic nitrogens is 1. The average Bonchev–Trinajstić information content (AvgIpc) is 2.91. The number of hydrogen-bond donors (Lipinski definition) is 1. The number of nitrogens with zero attached hydrogens (tertiary/aromatic N) is 2. The monoisotopic (exact) mass is 280 g/mol. The van der Waals surface area contributed by atoms with Crippen LogP contribution < -0.4 is 5.56 Å². The number of hydrogen-bond acceptors (Lipinski definition) is 4. The Balaban J connectivity index is 2.01. The van der Waals surface area contributed by atoms with Gasteiger partial charge in [-0.3, -0.25) is 14.5 Å². The molecule has 1 aromatic rings. The van der Waals surface area contributed by atoms with Gasteiger partial charge in [-0.05, 0) is 12.6 Å². The molecule has 1 aliphatic rings. The van der Waals surface area contributed by atoms with E-state index in [0.29, 0.717) is 19.7 Å². The van der Waals surface area contributed by atoms with Crippen molar-refractivity contribution >= 4 is 5.97 Å². The van der Waals surface area contributed by atoms with Gasteiger partial charge in [-0.1, -0.05) is 13.0 Å². The molecule has 0 bridgehead atoms. The highest BCUT2D eigenvalue weighted by Crippen LogP contribution is 2.19. The molecule has 2 heterocycles. The molecule has 0 saturated carbocycles. The van der Waals surface area contributed by atoms with Gasteiger partial charge in [0.15, 0.2) is 0 Å². The molecule has 6 nitrogen and oxygen atoms in total. The molecule has 2 rings (SSSR count). The first kappa shape index (κ1) is 14.7. The summed E-state index contributed by atoms with van der Waals surface area (Å²) in [5.74, 6) is -1.30. The van der Waals surface area contributed by atoms with Crippen LogP contribution in [0.2, 0.25) is 0 Å². The summed E-state index contributed by atoms with van der Waals surface area (Å²) in [5, 5.41) is 9.20. The predicted molar refractivity (Wildman–Crippen MR) is 73.7 cm³/mol. The van der Waals surface area contributed by atoms with Crippen molar-refractivity contribution in [3.8, 4) is 0 Å². The Morgan fingerprint density at radius 1 is 1.50 bits per heavy atom. The van der Waals surface area contributed by atoms with E-state index >= 15 is 0 Å². The fourth-order valence-corrected chi connectivity index (χ4v) is 2.58. The Morgan fingerprint density at radius 3 is 2.95 bits per heavy atom. The second-order valence-corrected chi connectivity index (χ2v) is 4.91. The molecule has 20 heavy (non-hydrogen) atoms. The second-order valence-electron chi connectivity index (χ2n) is 4.91. The van der Waals surface area contributed by atoms with Gasteiger partial charge in [0, 0.05) is 31.4 Å². The van der Waals surface area contributed by atoms with Crippen LogP contribution in [-0.2, 0) is 16.1 Å². The van der Waals surface area contributed by atoms with Gasteiger partial charge < -0.3 is 14.4 Å². The van der Waals surface area contributed by atoms with Gasteiger partial charge in [-0.15, -0.1) is 0 Å². The highest BCUT2D eigenvalue weighted by atomic mass is 16.5. The largest absolute Gasteiger partial charge is 0.481 e. The number of carbonyl (C=O) groups is 1. The molecule has 1 saturated heterocycles. The highest BCUT2D eigenvalue weighted by Gasteiger charge is 2.37. The Hall–Kier alpha value is -1.66. The molecule has 1 aromatic heterocycles. The molecule has 0 aliphatic carbocycles. The average molecular weight is 280 g/mol. The van der Waals surface area contributed by atoms with Gasteiger partial charge >= 0.3 is 5.97 Å². The van der Waals surface area contributed by atoms with Crippen molar-refractivity contribution in [2.45, 2.75) is 19.5 Å². The smallest absolute Gasteiger partial charge is 0.310 e. The van der Waals surface area contributed by atoms with Crippen LogP contribution in [0.15, 0.2) is 29.2 Å². The zero-order chi connectivity index (χ0) is 14.5. The Labute approximate surface area is 117 Å². The van der Waals surface area contributed by atoms with Crippen LogP contribution in [-0.4, -0.2) is 52.9 Å². The number of carboxylic acid groups (broad SMARTS) is 1. The van der Waals surface area contributed by atoms with Crippen LogP contribution in [0.5, 0.6) is 0 Å². The van der Waals surface area contributed by atoms with Gasteiger partial charge in [-0.25, -0.2) is 0 Å². The molecule has 110 valence electrons. The summed E-state index contributed by atoms with van der Waals surface area (Å²) in [7, 11) is 0. The van der Waals surface area contributed by atoms with Gasteiger partial charge in [0.1, 0.15) is 0 Å². The fourth-order valence-electron chi connectivity index (χ4n) is 2.58. The maximum Gasteiger partial charge on any atom is 0.310 e. The van der Waals surface area contributed by atoms with Crippen molar-refractivity contribution in [3.63, 3.8) is 0 Å². The van der Waals surface area contributed by atoms with Crippen molar-refractivity contribution in [2.24, 2.45) is 5.92 Å². The minimum atomic E-state index is -0.817. The Bertz CT molecular complexity index is 514. The van der Waals surface area contributed by atoms with Crippen LogP contribution in [0.1, 0.15) is 6.92 Å². The van der Waals surface area contributed by atoms with E-state index < -0.39 is 11.9 Å². The fraction of sp³-hybridized carbons (Fsp3) is 0.571. The summed E-state index contributed by atoms with van der Waals surface area (Å²) in [4.78, 5) is 24.9. The molecule has 1 aliphatic heterocycles. The van der Waals surface area contributed by atoms with Crippen molar-refractivity contribution in [1.29, 1.82) is 0 Å². The minimum Gasteiger partial charge on any atom is -0.481 e. The summed E-state index contributed by atoms with van der Waals surface area (Å²) in [6.45, 7) is 4.62. The van der Waals surface area contributed by atoms with Crippen LogP contribution in [0.25, 0.3) is 0 Å². The van der Waals surface area contributed by atoms with Crippen molar-refractivity contribution in [2.75, 3.05) is 26.3 Å². The SMILES string of the molecule is CCN(CCn1ccccc1=O)C1COCC1C(=O)O. The molecule has 1 N–H and O–H groups in total. The summed E-state index contributed by atoms with van der Waals surface area (Å²) in [6, 6.07) is 4.93. The van der Waals surface area contributed by atoms with E-state index in [1.807, 2.05) is 13.0 Å². The first-order chi connectivity index (χ1) is 9.63. The van der Waals surface area contributed by atoms with Crippen LogP contribution in [0.3, 0.4) is 0 Å². The van der Waals surface area contributed by atoms with Crippen molar-refractivity contribution in [3.05, 3.63) is 34.7 Å². The minimum absolute atomic E-state index is 0.0407. The molecule has 0 spiro atoms. The zero-order valence-electron chi connectivity index (χ0n) is 11.6. The third-order valence-electron chi connectivity index (χ3n) is 3.77. The maximum atomic E-state index is 11.6. The third kappa shape index (κ3) is 3.26. The lowest BCUT2D eigenvalue weighted by molar-refractivity contribution is -0.143. The van der Waals surface area contributed by atoms with E-state index in [0.717, 1.165) is 6.54 Å². The normalized spacial score (nSPS) is 22.3. The summed E-state index contributed by atoms with van der Waals surface area (Å²) in [6.07, 6.45) is 1.75. The Morgan fingerprint density at radius 2 is 2.30 bits per heavy atom. The summed E-state index contributed by atoms with van der Waals surface area (Å²) < 4.78 is 6.93. The molecular formula is C14H20N2O4. The van der Waals surface area contributed by atoms with E-state index in [2.05, 4.69) is 4.90 Å². The van der Waals surface area contributed by atoms with E-state index in [9.17, 15) is 14.7 Å². The second kappa shape index (κ2) is 6.67. The van der Waals surface area contributed by atoms with Gasteiger partial charge in [0.2, 0.25) is 0 Å². The zero-order valence-corrected chi connectivity index (χ0v) is 11.6. The number of carboxylic acids is 1. The number of pyridine rings is 1. The molecule has 0 amide bonds. The predicted octanol–water partition coefficient (Wildman–Crippen LogP) is 0.270. The molecule has 2 atom stereocenters. The first-order valence-electron chi connectivity index (χ1n) is 6.83. The van der Waals surface area contributed by atoms with E-state index in [1.165, 1.54) is 6.07 Å². The first-order valence-corrected chi connectivity index (χ1v) is 6.83. The molecule has 0 aromatic carbocycles. The molecule has 6 heteroatoms. The standard InChI is InChI=1S/C14H20N2O4/c1-2-15(12-10-20-9-11(12)14(18)19)7-8-16-6-4-3-5-13(16)17/h3-6,11-12H,2,7-10H2,1H3,(H,18,19). The lowest BCUT2D eigenvalue weighted by Crippen LogP contribution is -2.44. The van der Waals surface area contributed by atoms with Gasteiger partial charge in [-0.2, -0.15) is 0 Å². The molecule has 2 unspecified atom stereocenters. The van der Waals surface area contributed by atoms with E-state index in [1.54, 1.807) is 16.8 Å². The molecule has 0 radical (unpaired) electrons. The van der Waals surface area contributed by atoms with E-state index in [-0.39, 0.29) is 18.2 Å². The maximum absolute atomic E-state index is 11.6. The quantitative estimate of drug-likeness (QED) is 0.810. The number of likely N-dealkylation sites (N-methyl/N-ethyl adjacent to an activating group) is 1. The topological polar surface area (TPSA) is 71.8 Å². The van der Waals surface area contributed by atoms with Crippen molar-refractivity contribution < 1.29 is 14.6 Å². The molecule has 1 fully saturated rings. The third-order valence-corrected chi connectivity index (χ3v) is 3.77. The highest BCUT2D eigenvalue weighted by molar-refractivity contribution is 5.71. The van der Waals surface area contributed by atoms with E-state index in [4.69, 9.17) is 4.74 Å². The number of ether oxygens (including phenoxy) is 1. The van der Waals surface area contributed by atoms with Crippen LogP contribution in [0.4, 0.5) is 0 Å². The lowest BCUT2D eigenvalue weighted by atomic mass is 10.0. The summed E-state index contributed by atoms with van der Waals surface area (Å²) in [5.41, 5.74) is -0.0407.